The van der Waals surface area contributed by atoms with E-state index in [0.29, 0.717) is 23.4 Å². The fourth-order valence-corrected chi connectivity index (χ4v) is 4.12. The van der Waals surface area contributed by atoms with Crippen LogP contribution >= 0.6 is 11.8 Å². The van der Waals surface area contributed by atoms with E-state index >= 15 is 0 Å². The lowest BCUT2D eigenvalue weighted by Crippen LogP contribution is -2.33. The van der Waals surface area contributed by atoms with Crippen LogP contribution in [0.3, 0.4) is 0 Å². The maximum atomic E-state index is 12.1. The lowest BCUT2D eigenvalue weighted by atomic mass is 9.99. The highest BCUT2D eigenvalue weighted by atomic mass is 32.2. The number of thioether (sulfide) groups is 1. The Hall–Kier alpha value is -1.89. The van der Waals surface area contributed by atoms with E-state index in [4.69, 9.17) is 0 Å². The van der Waals surface area contributed by atoms with Crippen molar-refractivity contribution in [3.63, 3.8) is 0 Å². The van der Waals surface area contributed by atoms with E-state index in [2.05, 4.69) is 32.9 Å². The number of carbonyl (C=O) groups excluding carboxylic acids is 1. The zero-order valence-electron chi connectivity index (χ0n) is 13.2. The van der Waals surface area contributed by atoms with E-state index in [0.717, 1.165) is 17.7 Å². The molecule has 23 heavy (non-hydrogen) atoms. The molecule has 0 radical (unpaired) electrons. The van der Waals surface area contributed by atoms with Crippen molar-refractivity contribution in [2.45, 2.75) is 31.4 Å². The highest BCUT2D eigenvalue weighted by Crippen LogP contribution is 2.28. The second kappa shape index (κ2) is 7.59. The van der Waals surface area contributed by atoms with Crippen LogP contribution in [0.2, 0.25) is 0 Å². The monoisotopic (exact) mass is 331 g/mol. The Morgan fingerprint density at radius 2 is 2.22 bits per heavy atom. The Kier molecular flexibility index (Phi) is 5.27. The van der Waals surface area contributed by atoms with Crippen molar-refractivity contribution in [1.82, 2.24) is 25.9 Å². The van der Waals surface area contributed by atoms with E-state index in [1.165, 1.54) is 18.6 Å². The van der Waals surface area contributed by atoms with Crippen LogP contribution in [0, 0.1) is 5.92 Å². The largest absolute Gasteiger partial charge is 0.356 e. The van der Waals surface area contributed by atoms with Crippen molar-refractivity contribution >= 4 is 17.7 Å². The average Bonchev–Trinajstić information content (AvgIpc) is 3.08. The summed E-state index contributed by atoms with van der Waals surface area (Å²) in [5, 5.41) is 17.6. The van der Waals surface area contributed by atoms with E-state index in [-0.39, 0.29) is 5.91 Å². The number of amides is 1. The summed E-state index contributed by atoms with van der Waals surface area (Å²) < 4.78 is 0. The summed E-state index contributed by atoms with van der Waals surface area (Å²) in [6, 6.07) is 7.69. The average molecular weight is 331 g/mol. The number of benzene rings is 1. The van der Waals surface area contributed by atoms with Crippen LogP contribution in [0.4, 0.5) is 0 Å². The molecule has 0 saturated carbocycles. The quantitative estimate of drug-likeness (QED) is 0.876. The molecule has 3 rings (SSSR count). The topological polar surface area (TPSA) is 83.6 Å². The van der Waals surface area contributed by atoms with Crippen LogP contribution in [-0.2, 0) is 11.2 Å². The first-order chi connectivity index (χ1) is 11.2. The summed E-state index contributed by atoms with van der Waals surface area (Å²) in [7, 11) is 0. The molecule has 2 heterocycles. The van der Waals surface area contributed by atoms with E-state index in [1.54, 1.807) is 0 Å². The number of hydrogen-bond donors (Lipinski definition) is 2. The van der Waals surface area contributed by atoms with Gasteiger partial charge in [0.15, 0.2) is 0 Å². The molecule has 122 valence electrons. The molecule has 6 nitrogen and oxygen atoms in total. The first kappa shape index (κ1) is 16.0. The molecule has 1 amide bonds. The summed E-state index contributed by atoms with van der Waals surface area (Å²) in [6.45, 7) is 3.06. The summed E-state index contributed by atoms with van der Waals surface area (Å²) in [5.74, 6) is 2.48. The van der Waals surface area contributed by atoms with E-state index in [1.807, 2.05) is 36.0 Å². The molecule has 2 N–H and O–H groups in total. The van der Waals surface area contributed by atoms with Gasteiger partial charge in [0.05, 0.1) is 6.42 Å². The van der Waals surface area contributed by atoms with Gasteiger partial charge in [-0.2, -0.15) is 17.0 Å². The molecule has 1 aromatic carbocycles. The number of aromatic amines is 1. The van der Waals surface area contributed by atoms with Gasteiger partial charge < -0.3 is 5.32 Å². The first-order valence-corrected chi connectivity index (χ1v) is 8.96. The summed E-state index contributed by atoms with van der Waals surface area (Å²) in [6.07, 6.45) is 2.81. The SMILES string of the molecule is CC1CC(CNC(=O)Cc2ccc(-c3nn[nH]n3)cc2)CCS1. The van der Waals surface area contributed by atoms with Crippen molar-refractivity contribution in [2.24, 2.45) is 5.92 Å². The zero-order chi connectivity index (χ0) is 16.1. The first-order valence-electron chi connectivity index (χ1n) is 7.92. The van der Waals surface area contributed by atoms with Gasteiger partial charge in [0.25, 0.3) is 0 Å². The molecule has 0 aliphatic carbocycles. The number of aromatic nitrogens is 4. The zero-order valence-corrected chi connectivity index (χ0v) is 14.0. The summed E-state index contributed by atoms with van der Waals surface area (Å²) >= 11 is 2.03. The molecule has 1 saturated heterocycles. The van der Waals surface area contributed by atoms with Crippen molar-refractivity contribution in [1.29, 1.82) is 0 Å². The van der Waals surface area contributed by atoms with Crippen molar-refractivity contribution < 1.29 is 4.79 Å². The third-order valence-electron chi connectivity index (χ3n) is 4.10. The Morgan fingerprint density at radius 3 is 2.91 bits per heavy atom. The van der Waals surface area contributed by atoms with Crippen LogP contribution in [-0.4, -0.2) is 44.1 Å². The minimum atomic E-state index is 0.0863. The van der Waals surface area contributed by atoms with Crippen molar-refractivity contribution in [2.75, 3.05) is 12.3 Å². The molecule has 1 aromatic heterocycles. The smallest absolute Gasteiger partial charge is 0.224 e. The number of tetrazole rings is 1. The van der Waals surface area contributed by atoms with Gasteiger partial charge >= 0.3 is 0 Å². The number of carbonyl (C=O) groups is 1. The van der Waals surface area contributed by atoms with Crippen LogP contribution in [0.25, 0.3) is 11.4 Å². The predicted octanol–water partition coefficient (Wildman–Crippen LogP) is 2.06. The van der Waals surface area contributed by atoms with Crippen LogP contribution < -0.4 is 5.32 Å². The number of hydrogen-bond acceptors (Lipinski definition) is 5. The lowest BCUT2D eigenvalue weighted by molar-refractivity contribution is -0.120. The molecule has 1 aliphatic rings. The third-order valence-corrected chi connectivity index (χ3v) is 5.34. The minimum Gasteiger partial charge on any atom is -0.356 e. The molecule has 2 unspecified atom stereocenters. The van der Waals surface area contributed by atoms with Gasteiger partial charge in [0, 0.05) is 17.4 Å². The predicted molar refractivity (Wildman–Crippen MR) is 91.0 cm³/mol. The van der Waals surface area contributed by atoms with Crippen LogP contribution in [0.1, 0.15) is 25.3 Å². The fourth-order valence-electron chi connectivity index (χ4n) is 2.84. The van der Waals surface area contributed by atoms with Crippen LogP contribution in [0.5, 0.6) is 0 Å². The number of nitrogens with zero attached hydrogens (tertiary/aromatic N) is 3. The summed E-state index contributed by atoms with van der Waals surface area (Å²) in [5.41, 5.74) is 1.87. The maximum Gasteiger partial charge on any atom is 0.224 e. The highest BCUT2D eigenvalue weighted by Gasteiger charge is 2.19. The normalized spacial score (nSPS) is 21.1. The van der Waals surface area contributed by atoms with Crippen LogP contribution in [0.15, 0.2) is 24.3 Å². The molecule has 7 heteroatoms. The molecule has 0 bridgehead atoms. The van der Waals surface area contributed by atoms with Gasteiger partial charge in [0.1, 0.15) is 0 Å². The number of rotatable bonds is 5. The Morgan fingerprint density at radius 1 is 1.39 bits per heavy atom. The molecule has 2 aromatic rings. The third kappa shape index (κ3) is 4.54. The van der Waals surface area contributed by atoms with E-state index < -0.39 is 0 Å². The maximum absolute atomic E-state index is 12.1. The molecule has 2 atom stereocenters. The fraction of sp³-hybridized carbons (Fsp3) is 0.500. The highest BCUT2D eigenvalue weighted by molar-refractivity contribution is 7.99. The van der Waals surface area contributed by atoms with Crippen molar-refractivity contribution in [3.8, 4) is 11.4 Å². The van der Waals surface area contributed by atoms with Gasteiger partial charge in [0.2, 0.25) is 11.7 Å². The number of H-pyrrole nitrogens is 1. The molecular weight excluding hydrogens is 310 g/mol. The molecule has 1 aliphatic heterocycles. The van der Waals surface area contributed by atoms with Gasteiger partial charge in [-0.15, -0.1) is 10.2 Å². The number of nitrogens with one attached hydrogen (secondary N) is 2. The Balaban J connectivity index is 1.48. The Labute approximate surface area is 139 Å². The van der Waals surface area contributed by atoms with Gasteiger partial charge in [-0.3, -0.25) is 4.79 Å². The van der Waals surface area contributed by atoms with Gasteiger partial charge in [-0.1, -0.05) is 31.2 Å². The second-order valence-electron chi connectivity index (χ2n) is 5.98. The molecule has 0 spiro atoms. The minimum absolute atomic E-state index is 0.0863. The van der Waals surface area contributed by atoms with Crippen molar-refractivity contribution in [3.05, 3.63) is 29.8 Å². The summed E-state index contributed by atoms with van der Waals surface area (Å²) in [4.78, 5) is 12.1. The van der Waals surface area contributed by atoms with E-state index in [9.17, 15) is 4.79 Å². The molecule has 1 fully saturated rings. The Bertz CT molecular complexity index is 628. The standard InChI is InChI=1S/C16H21N5OS/c1-11-8-13(6-7-23-11)10-17-15(22)9-12-2-4-14(5-3-12)16-18-20-21-19-16/h2-5,11,13H,6-10H2,1H3,(H,17,22)(H,18,19,20,21). The molecular formula is C16H21N5OS. The second-order valence-corrected chi connectivity index (χ2v) is 7.53. The van der Waals surface area contributed by atoms with Gasteiger partial charge in [-0.25, -0.2) is 0 Å². The van der Waals surface area contributed by atoms with Gasteiger partial charge in [-0.05, 0) is 35.3 Å². The lowest BCUT2D eigenvalue weighted by Gasteiger charge is -2.26.